The molecule has 0 spiro atoms. The minimum atomic E-state index is -0.482. The fourth-order valence-electron chi connectivity index (χ4n) is 2.48. The van der Waals surface area contributed by atoms with E-state index >= 15 is 0 Å². The number of hydrogen-bond acceptors (Lipinski definition) is 3. The molecule has 0 aliphatic carbocycles. The van der Waals surface area contributed by atoms with Crippen LogP contribution in [0.5, 0.6) is 0 Å². The Labute approximate surface area is 132 Å². The Morgan fingerprint density at radius 1 is 1.33 bits per heavy atom. The first-order chi connectivity index (χ1) is 9.75. The van der Waals surface area contributed by atoms with E-state index in [4.69, 9.17) is 10.5 Å². The fourth-order valence-corrected chi connectivity index (χ4v) is 2.48. The molecule has 1 aliphatic heterocycles. The Balaban J connectivity index is 0.00000220. The molecule has 1 heterocycles. The Hall–Kier alpha value is -1.10. The van der Waals surface area contributed by atoms with Gasteiger partial charge in [-0.05, 0) is 37.7 Å². The van der Waals surface area contributed by atoms with Gasteiger partial charge in [0.25, 0.3) is 0 Å². The van der Waals surface area contributed by atoms with Crippen LogP contribution in [0.15, 0.2) is 30.3 Å². The van der Waals surface area contributed by atoms with E-state index in [0.717, 1.165) is 31.4 Å². The molecule has 5 heteroatoms. The van der Waals surface area contributed by atoms with Crippen molar-refractivity contribution in [1.29, 1.82) is 0 Å². The zero-order chi connectivity index (χ0) is 14.2. The van der Waals surface area contributed by atoms with Crippen molar-refractivity contribution in [3.63, 3.8) is 0 Å². The molecule has 2 rings (SSSR count). The van der Waals surface area contributed by atoms with Crippen molar-refractivity contribution in [3.8, 4) is 0 Å². The first kappa shape index (κ1) is 18.0. The Morgan fingerprint density at radius 2 is 2.10 bits per heavy atom. The van der Waals surface area contributed by atoms with Gasteiger partial charge in [0.05, 0.1) is 12.1 Å². The molecule has 1 aromatic rings. The minimum Gasteiger partial charge on any atom is -0.378 e. The molecule has 1 amide bonds. The summed E-state index contributed by atoms with van der Waals surface area (Å²) in [6, 6.07) is 9.37. The molecule has 1 fully saturated rings. The molecule has 1 unspecified atom stereocenters. The summed E-state index contributed by atoms with van der Waals surface area (Å²) < 4.78 is 5.63. The molecule has 4 nitrogen and oxygen atoms in total. The summed E-state index contributed by atoms with van der Waals surface area (Å²) in [5, 5.41) is 2.91. The maximum absolute atomic E-state index is 11.9. The number of hydrogen-bond donors (Lipinski definition) is 2. The van der Waals surface area contributed by atoms with Crippen LogP contribution in [-0.4, -0.2) is 31.2 Å². The zero-order valence-corrected chi connectivity index (χ0v) is 13.1. The molecule has 0 saturated carbocycles. The van der Waals surface area contributed by atoms with E-state index in [-0.39, 0.29) is 18.3 Å². The summed E-state index contributed by atoms with van der Waals surface area (Å²) in [7, 11) is 0. The second-order valence-electron chi connectivity index (χ2n) is 5.36. The van der Waals surface area contributed by atoms with E-state index in [0.29, 0.717) is 19.1 Å². The standard InChI is InChI=1S/C16H24N2O2.ClH/c17-15(12-13-6-2-1-3-7-13)16(19)18-10-9-14-8-4-5-11-20-14;/h1-3,6-7,14-15H,4-5,8-12,17H2,(H,18,19);1H/t14?,15-;/m0./s1. The van der Waals surface area contributed by atoms with Gasteiger partial charge in [0, 0.05) is 13.2 Å². The normalized spacial score (nSPS) is 19.4. The van der Waals surface area contributed by atoms with Crippen LogP contribution in [-0.2, 0) is 16.0 Å². The van der Waals surface area contributed by atoms with Crippen LogP contribution in [0.4, 0.5) is 0 Å². The quantitative estimate of drug-likeness (QED) is 0.845. The van der Waals surface area contributed by atoms with Crippen molar-refractivity contribution in [3.05, 3.63) is 35.9 Å². The van der Waals surface area contributed by atoms with Gasteiger partial charge in [0.15, 0.2) is 0 Å². The van der Waals surface area contributed by atoms with Gasteiger partial charge in [-0.15, -0.1) is 12.4 Å². The van der Waals surface area contributed by atoms with Crippen molar-refractivity contribution in [2.45, 2.75) is 44.2 Å². The molecule has 0 aromatic heterocycles. The molecule has 3 N–H and O–H groups in total. The van der Waals surface area contributed by atoms with Crippen molar-refractivity contribution < 1.29 is 9.53 Å². The first-order valence-electron chi connectivity index (χ1n) is 7.44. The van der Waals surface area contributed by atoms with Gasteiger partial charge in [0.1, 0.15) is 0 Å². The number of rotatable bonds is 6. The number of nitrogens with two attached hydrogens (primary N) is 1. The number of carbonyl (C=O) groups excluding carboxylic acids is 1. The van der Waals surface area contributed by atoms with Gasteiger partial charge in [-0.25, -0.2) is 0 Å². The molecule has 2 atom stereocenters. The highest BCUT2D eigenvalue weighted by molar-refractivity contribution is 5.85. The molecule has 0 bridgehead atoms. The molecule has 21 heavy (non-hydrogen) atoms. The van der Waals surface area contributed by atoms with E-state index < -0.39 is 6.04 Å². The Bertz CT molecular complexity index is 408. The van der Waals surface area contributed by atoms with Crippen LogP contribution < -0.4 is 11.1 Å². The van der Waals surface area contributed by atoms with Crippen LogP contribution in [0.25, 0.3) is 0 Å². The van der Waals surface area contributed by atoms with Gasteiger partial charge in [-0.3, -0.25) is 4.79 Å². The van der Waals surface area contributed by atoms with Crippen LogP contribution in [0.3, 0.4) is 0 Å². The predicted octanol–water partition coefficient (Wildman–Crippen LogP) is 2.05. The third kappa shape index (κ3) is 6.46. The molecule has 1 aliphatic rings. The van der Waals surface area contributed by atoms with Gasteiger partial charge < -0.3 is 15.8 Å². The summed E-state index contributed by atoms with van der Waals surface area (Å²) in [4.78, 5) is 11.9. The van der Waals surface area contributed by atoms with Gasteiger partial charge >= 0.3 is 0 Å². The summed E-state index contributed by atoms with van der Waals surface area (Å²) in [6.45, 7) is 1.50. The lowest BCUT2D eigenvalue weighted by molar-refractivity contribution is -0.122. The first-order valence-corrected chi connectivity index (χ1v) is 7.44. The highest BCUT2D eigenvalue weighted by atomic mass is 35.5. The fraction of sp³-hybridized carbons (Fsp3) is 0.562. The minimum absolute atomic E-state index is 0. The topological polar surface area (TPSA) is 64.4 Å². The SMILES string of the molecule is Cl.N[C@@H](Cc1ccccc1)C(=O)NCCC1CCCCO1. The van der Waals surface area contributed by atoms with Crippen LogP contribution in [0, 0.1) is 0 Å². The molecular formula is C16H25ClN2O2. The average molecular weight is 313 g/mol. The van der Waals surface area contributed by atoms with Gasteiger partial charge in [-0.2, -0.15) is 0 Å². The van der Waals surface area contributed by atoms with E-state index in [1.165, 1.54) is 6.42 Å². The molecule has 118 valence electrons. The third-order valence-corrected chi connectivity index (χ3v) is 3.67. The average Bonchev–Trinajstić information content (AvgIpc) is 2.49. The van der Waals surface area contributed by atoms with Crippen LogP contribution >= 0.6 is 12.4 Å². The number of nitrogens with one attached hydrogen (secondary N) is 1. The van der Waals surface area contributed by atoms with Gasteiger partial charge in [-0.1, -0.05) is 30.3 Å². The number of benzene rings is 1. The maximum Gasteiger partial charge on any atom is 0.237 e. The number of amides is 1. The largest absolute Gasteiger partial charge is 0.378 e. The second-order valence-corrected chi connectivity index (χ2v) is 5.36. The number of carbonyl (C=O) groups is 1. The zero-order valence-electron chi connectivity index (χ0n) is 12.3. The summed E-state index contributed by atoms with van der Waals surface area (Å²) in [6.07, 6.45) is 5.24. The number of halogens is 1. The van der Waals surface area contributed by atoms with E-state index in [1.54, 1.807) is 0 Å². The van der Waals surface area contributed by atoms with Crippen molar-refractivity contribution in [1.82, 2.24) is 5.32 Å². The monoisotopic (exact) mass is 312 g/mol. The molecule has 0 radical (unpaired) electrons. The van der Waals surface area contributed by atoms with E-state index in [9.17, 15) is 4.79 Å². The Kier molecular flexibility index (Phi) is 8.35. The predicted molar refractivity (Wildman–Crippen MR) is 86.6 cm³/mol. The molecular weight excluding hydrogens is 288 g/mol. The van der Waals surface area contributed by atoms with Crippen molar-refractivity contribution in [2.24, 2.45) is 5.73 Å². The summed E-state index contributed by atoms with van der Waals surface area (Å²) in [5.41, 5.74) is 7.01. The smallest absolute Gasteiger partial charge is 0.237 e. The third-order valence-electron chi connectivity index (χ3n) is 3.67. The van der Waals surface area contributed by atoms with Crippen molar-refractivity contribution >= 4 is 18.3 Å². The number of ether oxygens (including phenoxy) is 1. The van der Waals surface area contributed by atoms with Crippen molar-refractivity contribution in [2.75, 3.05) is 13.2 Å². The van der Waals surface area contributed by atoms with Gasteiger partial charge in [0.2, 0.25) is 5.91 Å². The lowest BCUT2D eigenvalue weighted by atomic mass is 10.1. The highest BCUT2D eigenvalue weighted by Gasteiger charge is 2.16. The second kappa shape index (κ2) is 9.77. The van der Waals surface area contributed by atoms with Crippen LogP contribution in [0.2, 0.25) is 0 Å². The lowest BCUT2D eigenvalue weighted by Crippen LogP contribution is -2.43. The lowest BCUT2D eigenvalue weighted by Gasteiger charge is -2.22. The maximum atomic E-state index is 11.9. The molecule has 1 aromatic carbocycles. The molecule has 1 saturated heterocycles. The van der Waals surface area contributed by atoms with E-state index in [1.807, 2.05) is 30.3 Å². The van der Waals surface area contributed by atoms with E-state index in [2.05, 4.69) is 5.32 Å². The Morgan fingerprint density at radius 3 is 2.76 bits per heavy atom. The summed E-state index contributed by atoms with van der Waals surface area (Å²) >= 11 is 0. The summed E-state index contributed by atoms with van der Waals surface area (Å²) in [5.74, 6) is -0.0790. The highest BCUT2D eigenvalue weighted by Crippen LogP contribution is 2.14. The van der Waals surface area contributed by atoms with Crippen LogP contribution in [0.1, 0.15) is 31.2 Å².